The van der Waals surface area contributed by atoms with Gasteiger partial charge in [0.15, 0.2) is 0 Å². The van der Waals surface area contributed by atoms with Gasteiger partial charge in [0, 0.05) is 25.2 Å². The Bertz CT molecular complexity index is 540. The fourth-order valence-electron chi connectivity index (χ4n) is 2.94. The zero-order valence-electron chi connectivity index (χ0n) is 14.8. The number of aliphatic hydroxyl groups excluding tert-OH is 1. The van der Waals surface area contributed by atoms with E-state index in [1.54, 1.807) is 0 Å². The largest absolute Gasteiger partial charge is 0.392 e. The molecule has 0 saturated carbocycles. The molecule has 1 amide bonds. The highest BCUT2D eigenvalue weighted by Gasteiger charge is 2.30. The van der Waals surface area contributed by atoms with Crippen LogP contribution >= 0.6 is 0 Å². The van der Waals surface area contributed by atoms with Crippen LogP contribution < -0.4 is 5.32 Å². The lowest BCUT2D eigenvalue weighted by molar-refractivity contribution is -0.124. The number of nitrogens with zero attached hydrogens (tertiary/aromatic N) is 1. The molecule has 23 heavy (non-hydrogen) atoms. The van der Waals surface area contributed by atoms with E-state index in [1.165, 1.54) is 11.1 Å². The van der Waals surface area contributed by atoms with Crippen molar-refractivity contribution in [1.29, 1.82) is 0 Å². The molecule has 1 aromatic carbocycles. The number of rotatable bonds is 6. The van der Waals surface area contributed by atoms with Crippen molar-refractivity contribution in [1.82, 2.24) is 10.2 Å². The van der Waals surface area contributed by atoms with Crippen molar-refractivity contribution in [2.45, 2.75) is 58.7 Å². The molecule has 1 heterocycles. The van der Waals surface area contributed by atoms with Gasteiger partial charge in [0.05, 0.1) is 12.5 Å². The smallest absolute Gasteiger partial charge is 0.222 e. The maximum Gasteiger partial charge on any atom is 0.222 e. The molecule has 1 aliphatic heterocycles. The number of aliphatic hydroxyl groups is 1. The van der Waals surface area contributed by atoms with E-state index in [1.807, 2.05) is 13.8 Å². The molecule has 2 rings (SSSR count). The summed E-state index contributed by atoms with van der Waals surface area (Å²) in [6, 6.07) is 8.58. The molecule has 1 atom stereocenters. The molecule has 4 nitrogen and oxygen atoms in total. The molecule has 0 fully saturated rings. The number of carbonyl (C=O) groups excluding carboxylic acids is 1. The topological polar surface area (TPSA) is 52.6 Å². The van der Waals surface area contributed by atoms with Crippen molar-refractivity contribution < 1.29 is 9.90 Å². The average Bonchev–Trinajstić information content (AvgIpc) is 2.52. The van der Waals surface area contributed by atoms with Crippen LogP contribution in [0.1, 0.15) is 45.2 Å². The monoisotopic (exact) mass is 318 g/mol. The molecule has 128 valence electrons. The standard InChI is InChI=1S/C19H30N2O2/c1-14(2)17(22)11-18(23)20-13-19(3,4)21-10-9-15-7-5-6-8-16(15)12-21/h5-8,14,17,22H,9-13H2,1-4H3,(H,20,23). The van der Waals surface area contributed by atoms with Crippen molar-refractivity contribution in [2.24, 2.45) is 5.92 Å². The molecule has 0 radical (unpaired) electrons. The third-order valence-corrected chi connectivity index (χ3v) is 4.87. The molecule has 0 aliphatic carbocycles. The summed E-state index contributed by atoms with van der Waals surface area (Å²) in [6.45, 7) is 10.7. The number of carbonyl (C=O) groups is 1. The number of amides is 1. The van der Waals surface area contributed by atoms with Gasteiger partial charge in [-0.05, 0) is 37.3 Å². The summed E-state index contributed by atoms with van der Waals surface area (Å²) >= 11 is 0. The number of fused-ring (bicyclic) bond motifs is 1. The predicted octanol–water partition coefficient (Wildman–Crippen LogP) is 2.35. The van der Waals surface area contributed by atoms with Gasteiger partial charge >= 0.3 is 0 Å². The first-order valence-corrected chi connectivity index (χ1v) is 8.56. The normalized spacial score (nSPS) is 17.0. The van der Waals surface area contributed by atoms with Gasteiger partial charge < -0.3 is 10.4 Å². The Labute approximate surface area is 139 Å². The summed E-state index contributed by atoms with van der Waals surface area (Å²) in [5, 5.41) is 12.8. The van der Waals surface area contributed by atoms with Crippen molar-refractivity contribution in [3.05, 3.63) is 35.4 Å². The molecule has 1 aliphatic rings. The zero-order chi connectivity index (χ0) is 17.0. The van der Waals surface area contributed by atoms with Gasteiger partial charge in [0.2, 0.25) is 5.91 Å². The van der Waals surface area contributed by atoms with Crippen LogP contribution in [-0.4, -0.2) is 40.6 Å². The maximum atomic E-state index is 12.0. The highest BCUT2D eigenvalue weighted by molar-refractivity contribution is 5.76. The summed E-state index contributed by atoms with van der Waals surface area (Å²) in [5.74, 6) is 0.0315. The highest BCUT2D eigenvalue weighted by Crippen LogP contribution is 2.24. The van der Waals surface area contributed by atoms with E-state index in [4.69, 9.17) is 0 Å². The van der Waals surface area contributed by atoms with Crippen molar-refractivity contribution in [3.8, 4) is 0 Å². The van der Waals surface area contributed by atoms with Crippen LogP contribution in [0, 0.1) is 5.92 Å². The van der Waals surface area contributed by atoms with Crippen LogP contribution in [-0.2, 0) is 17.8 Å². The molecular weight excluding hydrogens is 288 g/mol. The third-order valence-electron chi connectivity index (χ3n) is 4.87. The zero-order valence-corrected chi connectivity index (χ0v) is 14.8. The van der Waals surface area contributed by atoms with E-state index >= 15 is 0 Å². The van der Waals surface area contributed by atoms with Crippen LogP contribution in [0.3, 0.4) is 0 Å². The van der Waals surface area contributed by atoms with Gasteiger partial charge in [-0.25, -0.2) is 0 Å². The molecule has 1 unspecified atom stereocenters. The molecule has 2 N–H and O–H groups in total. The van der Waals surface area contributed by atoms with Gasteiger partial charge in [-0.15, -0.1) is 0 Å². The minimum Gasteiger partial charge on any atom is -0.392 e. The van der Waals surface area contributed by atoms with Crippen LogP contribution in [0.25, 0.3) is 0 Å². The molecular formula is C19H30N2O2. The van der Waals surface area contributed by atoms with E-state index in [0.717, 1.165) is 19.5 Å². The summed E-state index contributed by atoms with van der Waals surface area (Å²) in [7, 11) is 0. The fraction of sp³-hybridized carbons (Fsp3) is 0.632. The molecule has 0 aromatic heterocycles. The van der Waals surface area contributed by atoms with E-state index in [2.05, 4.69) is 48.3 Å². The number of nitrogens with one attached hydrogen (secondary N) is 1. The first kappa shape index (κ1) is 18.0. The number of benzene rings is 1. The molecule has 0 spiro atoms. The van der Waals surface area contributed by atoms with E-state index in [-0.39, 0.29) is 23.8 Å². The second-order valence-electron chi connectivity index (χ2n) is 7.54. The highest BCUT2D eigenvalue weighted by atomic mass is 16.3. The van der Waals surface area contributed by atoms with Gasteiger partial charge in [-0.2, -0.15) is 0 Å². The van der Waals surface area contributed by atoms with Gasteiger partial charge in [-0.1, -0.05) is 38.1 Å². The summed E-state index contributed by atoms with van der Waals surface area (Å²) < 4.78 is 0. The van der Waals surface area contributed by atoms with Crippen molar-refractivity contribution in [3.63, 3.8) is 0 Å². The van der Waals surface area contributed by atoms with E-state index < -0.39 is 6.10 Å². The van der Waals surface area contributed by atoms with Crippen molar-refractivity contribution in [2.75, 3.05) is 13.1 Å². The molecule has 0 saturated heterocycles. The third kappa shape index (κ3) is 4.79. The minimum absolute atomic E-state index is 0.0725. The fourth-order valence-corrected chi connectivity index (χ4v) is 2.94. The lowest BCUT2D eigenvalue weighted by atomic mass is 9.94. The van der Waals surface area contributed by atoms with E-state index in [0.29, 0.717) is 6.54 Å². The van der Waals surface area contributed by atoms with Crippen molar-refractivity contribution >= 4 is 5.91 Å². The van der Waals surface area contributed by atoms with Crippen LogP contribution in [0.2, 0.25) is 0 Å². The predicted molar refractivity (Wildman–Crippen MR) is 93.1 cm³/mol. The SMILES string of the molecule is CC(C)C(O)CC(=O)NCC(C)(C)N1CCc2ccccc2C1. The summed E-state index contributed by atoms with van der Waals surface area (Å²) in [5.41, 5.74) is 2.71. The second kappa shape index (κ2) is 7.45. The summed E-state index contributed by atoms with van der Waals surface area (Å²) in [4.78, 5) is 14.4. The molecule has 1 aromatic rings. The van der Waals surface area contributed by atoms with Crippen LogP contribution in [0.5, 0.6) is 0 Å². The second-order valence-corrected chi connectivity index (χ2v) is 7.54. The first-order valence-electron chi connectivity index (χ1n) is 8.56. The summed E-state index contributed by atoms with van der Waals surface area (Å²) in [6.07, 6.45) is 0.663. The maximum absolute atomic E-state index is 12.0. The van der Waals surface area contributed by atoms with Crippen LogP contribution in [0.15, 0.2) is 24.3 Å². The quantitative estimate of drug-likeness (QED) is 0.846. The lowest BCUT2D eigenvalue weighted by Crippen LogP contribution is -2.53. The van der Waals surface area contributed by atoms with Gasteiger partial charge in [-0.3, -0.25) is 9.69 Å². The Hall–Kier alpha value is -1.39. The molecule has 0 bridgehead atoms. The Morgan fingerprint density at radius 2 is 1.96 bits per heavy atom. The number of hydrogen-bond acceptors (Lipinski definition) is 3. The van der Waals surface area contributed by atoms with Crippen LogP contribution in [0.4, 0.5) is 0 Å². The first-order chi connectivity index (χ1) is 10.8. The Morgan fingerprint density at radius 3 is 2.61 bits per heavy atom. The average molecular weight is 318 g/mol. The number of hydrogen-bond donors (Lipinski definition) is 2. The Kier molecular flexibility index (Phi) is 5.82. The van der Waals surface area contributed by atoms with Gasteiger partial charge in [0.25, 0.3) is 0 Å². The van der Waals surface area contributed by atoms with Gasteiger partial charge in [0.1, 0.15) is 0 Å². The minimum atomic E-state index is -0.569. The Balaban J connectivity index is 1.88. The van der Waals surface area contributed by atoms with E-state index in [9.17, 15) is 9.90 Å². The lowest BCUT2D eigenvalue weighted by Gasteiger charge is -2.41. The molecule has 4 heteroatoms. The Morgan fingerprint density at radius 1 is 1.30 bits per heavy atom.